The van der Waals surface area contributed by atoms with Gasteiger partial charge in [-0.05, 0) is 30.4 Å². The number of nitrogens with zero attached hydrogens (tertiary/aromatic N) is 2. The molecule has 1 N–H and O–H groups in total. The number of rotatable bonds is 8. The first-order valence-electron chi connectivity index (χ1n) is 9.01. The molecule has 0 unspecified atom stereocenters. The summed E-state index contributed by atoms with van der Waals surface area (Å²) in [5.41, 5.74) is 0.190. The highest BCUT2D eigenvalue weighted by atomic mass is 32.1. The maximum atomic E-state index is 12.7. The van der Waals surface area contributed by atoms with Crippen molar-refractivity contribution >= 4 is 28.0 Å². The molecule has 5 nitrogen and oxygen atoms in total. The molecule has 26 heavy (non-hydrogen) atoms. The van der Waals surface area contributed by atoms with Crippen molar-refractivity contribution in [1.82, 2.24) is 15.1 Å². The van der Waals surface area contributed by atoms with Gasteiger partial charge in [0.1, 0.15) is 0 Å². The minimum atomic E-state index is -0.234. The van der Waals surface area contributed by atoms with Crippen LogP contribution in [0, 0.1) is 0 Å². The van der Waals surface area contributed by atoms with Gasteiger partial charge in [0, 0.05) is 23.4 Å². The summed E-state index contributed by atoms with van der Waals surface area (Å²) in [6.45, 7) is 3.19. The first kappa shape index (κ1) is 18.3. The van der Waals surface area contributed by atoms with Crippen molar-refractivity contribution in [1.29, 1.82) is 0 Å². The molecule has 0 saturated heterocycles. The Hall–Kier alpha value is -2.47. The normalized spacial score (nSPS) is 11.0. The van der Waals surface area contributed by atoms with Crippen LogP contribution in [-0.4, -0.2) is 22.2 Å². The maximum Gasteiger partial charge on any atom is 0.274 e. The highest BCUT2D eigenvalue weighted by Crippen LogP contribution is 2.14. The molecule has 0 fully saturated rings. The topological polar surface area (TPSA) is 64.0 Å². The molecule has 1 amide bonds. The minimum Gasteiger partial charge on any atom is -0.350 e. The molecular formula is C20H23N3O2S. The van der Waals surface area contributed by atoms with Crippen LogP contribution in [0.15, 0.2) is 46.6 Å². The van der Waals surface area contributed by atoms with E-state index in [1.54, 1.807) is 23.5 Å². The van der Waals surface area contributed by atoms with Crippen LogP contribution in [0.3, 0.4) is 0 Å². The van der Waals surface area contributed by atoms with Gasteiger partial charge in [-0.3, -0.25) is 9.59 Å². The Labute approximate surface area is 156 Å². The predicted molar refractivity (Wildman–Crippen MR) is 106 cm³/mol. The summed E-state index contributed by atoms with van der Waals surface area (Å²) in [6.07, 6.45) is 3.76. The smallest absolute Gasteiger partial charge is 0.274 e. The maximum absolute atomic E-state index is 12.7. The number of thiophene rings is 1. The number of carbonyl (C=O) groups is 1. The summed E-state index contributed by atoms with van der Waals surface area (Å²) in [6, 6.07) is 11.2. The molecule has 6 heteroatoms. The van der Waals surface area contributed by atoms with Gasteiger partial charge < -0.3 is 5.32 Å². The number of hydrogen-bond donors (Lipinski definition) is 1. The van der Waals surface area contributed by atoms with E-state index in [1.807, 2.05) is 23.6 Å². The van der Waals surface area contributed by atoms with E-state index in [-0.39, 0.29) is 11.5 Å². The van der Waals surface area contributed by atoms with Gasteiger partial charge in [-0.15, -0.1) is 11.3 Å². The Bertz CT molecular complexity index is 932. The molecule has 0 bridgehead atoms. The van der Waals surface area contributed by atoms with Crippen molar-refractivity contribution < 1.29 is 4.79 Å². The summed E-state index contributed by atoms with van der Waals surface area (Å²) in [7, 11) is 0. The number of fused-ring (bicyclic) bond motifs is 1. The molecule has 3 aromatic rings. The highest BCUT2D eigenvalue weighted by molar-refractivity contribution is 7.09. The number of hydrogen-bond acceptors (Lipinski definition) is 4. The molecule has 0 atom stereocenters. The van der Waals surface area contributed by atoms with E-state index in [4.69, 9.17) is 0 Å². The lowest BCUT2D eigenvalue weighted by Crippen LogP contribution is -2.31. The molecule has 2 aromatic heterocycles. The Balaban J connectivity index is 1.84. The molecule has 1 aromatic carbocycles. The summed E-state index contributed by atoms with van der Waals surface area (Å²) in [5.74, 6) is -0.234. The average Bonchev–Trinajstić information content (AvgIpc) is 3.17. The minimum absolute atomic E-state index is 0.133. The van der Waals surface area contributed by atoms with Crippen LogP contribution >= 0.6 is 11.3 Å². The fourth-order valence-corrected chi connectivity index (χ4v) is 3.61. The van der Waals surface area contributed by atoms with E-state index in [1.165, 1.54) is 9.56 Å². The van der Waals surface area contributed by atoms with Gasteiger partial charge in [0.15, 0.2) is 5.69 Å². The lowest BCUT2D eigenvalue weighted by atomic mass is 10.1. The zero-order chi connectivity index (χ0) is 18.4. The summed E-state index contributed by atoms with van der Waals surface area (Å²) in [5, 5.41) is 10.5. The van der Waals surface area contributed by atoms with E-state index in [0.717, 1.165) is 25.7 Å². The van der Waals surface area contributed by atoms with Crippen LogP contribution in [0.2, 0.25) is 0 Å². The Morgan fingerprint density at radius 1 is 1.15 bits per heavy atom. The standard InChI is InChI=1S/C20H23N3O2S/c1-2-3-6-13-23-20(25)17-10-5-4-9-16(17)18(22-23)19(24)21-12-11-15-8-7-14-26-15/h4-5,7-10,14H,2-3,6,11-13H2,1H3,(H,21,24). The van der Waals surface area contributed by atoms with Crippen molar-refractivity contribution in [2.45, 2.75) is 39.2 Å². The largest absolute Gasteiger partial charge is 0.350 e. The molecule has 0 aliphatic carbocycles. The molecule has 2 heterocycles. The predicted octanol–water partition coefficient (Wildman–Crippen LogP) is 3.62. The van der Waals surface area contributed by atoms with Gasteiger partial charge >= 0.3 is 0 Å². The first-order valence-corrected chi connectivity index (χ1v) is 9.89. The monoisotopic (exact) mass is 369 g/mol. The zero-order valence-electron chi connectivity index (χ0n) is 14.9. The Morgan fingerprint density at radius 2 is 1.96 bits per heavy atom. The number of nitrogens with one attached hydrogen (secondary N) is 1. The van der Waals surface area contributed by atoms with E-state index >= 15 is 0 Å². The fourth-order valence-electron chi connectivity index (χ4n) is 2.90. The second-order valence-corrected chi connectivity index (χ2v) is 7.25. The number of unbranched alkanes of at least 4 members (excludes halogenated alkanes) is 2. The van der Waals surface area contributed by atoms with Crippen LogP contribution in [0.5, 0.6) is 0 Å². The van der Waals surface area contributed by atoms with Crippen molar-refractivity contribution in [2.75, 3.05) is 6.54 Å². The van der Waals surface area contributed by atoms with Crippen LogP contribution in [-0.2, 0) is 13.0 Å². The Kier molecular flexibility index (Phi) is 6.17. The van der Waals surface area contributed by atoms with Gasteiger partial charge in [-0.1, -0.05) is 44.0 Å². The molecule has 0 aliphatic heterocycles. The quantitative estimate of drug-likeness (QED) is 0.617. The van der Waals surface area contributed by atoms with Crippen molar-refractivity contribution in [3.8, 4) is 0 Å². The zero-order valence-corrected chi connectivity index (χ0v) is 15.7. The molecule has 3 rings (SSSR count). The highest BCUT2D eigenvalue weighted by Gasteiger charge is 2.16. The third-order valence-electron chi connectivity index (χ3n) is 4.29. The number of amides is 1. The third-order valence-corrected chi connectivity index (χ3v) is 5.23. The lowest BCUT2D eigenvalue weighted by molar-refractivity contribution is 0.0948. The van der Waals surface area contributed by atoms with Crippen molar-refractivity contribution in [3.05, 3.63) is 62.7 Å². The van der Waals surface area contributed by atoms with Gasteiger partial charge in [-0.2, -0.15) is 5.10 Å². The molecule has 0 spiro atoms. The van der Waals surface area contributed by atoms with Gasteiger partial charge in [0.2, 0.25) is 0 Å². The SMILES string of the molecule is CCCCCn1nc(C(=O)NCCc2cccs2)c2ccccc2c1=O. The van der Waals surface area contributed by atoms with Crippen LogP contribution in [0.25, 0.3) is 10.8 Å². The van der Waals surface area contributed by atoms with E-state index in [0.29, 0.717) is 29.6 Å². The van der Waals surface area contributed by atoms with E-state index < -0.39 is 0 Å². The van der Waals surface area contributed by atoms with Crippen molar-refractivity contribution in [3.63, 3.8) is 0 Å². The number of aryl methyl sites for hydroxylation is 1. The fraction of sp³-hybridized carbons (Fsp3) is 0.350. The summed E-state index contributed by atoms with van der Waals surface area (Å²) < 4.78 is 1.44. The van der Waals surface area contributed by atoms with Crippen LogP contribution in [0.1, 0.15) is 41.6 Å². The third kappa shape index (κ3) is 4.19. The van der Waals surface area contributed by atoms with E-state index in [9.17, 15) is 9.59 Å². The average molecular weight is 369 g/mol. The molecular weight excluding hydrogens is 346 g/mol. The second kappa shape index (κ2) is 8.76. The van der Waals surface area contributed by atoms with Gasteiger partial charge in [0.05, 0.1) is 5.39 Å². The Morgan fingerprint density at radius 3 is 2.69 bits per heavy atom. The van der Waals surface area contributed by atoms with Crippen LogP contribution < -0.4 is 10.9 Å². The molecule has 0 saturated carbocycles. The van der Waals surface area contributed by atoms with E-state index in [2.05, 4.69) is 23.4 Å². The molecule has 136 valence electrons. The summed E-state index contributed by atoms with van der Waals surface area (Å²) >= 11 is 1.68. The first-order chi connectivity index (χ1) is 12.7. The second-order valence-electron chi connectivity index (χ2n) is 6.21. The number of carbonyl (C=O) groups excluding carboxylic acids is 1. The van der Waals surface area contributed by atoms with Crippen LogP contribution in [0.4, 0.5) is 0 Å². The summed E-state index contributed by atoms with van der Waals surface area (Å²) in [4.78, 5) is 26.6. The van der Waals surface area contributed by atoms with Gasteiger partial charge in [0.25, 0.3) is 11.5 Å². The number of benzene rings is 1. The molecule has 0 aliphatic rings. The number of aromatic nitrogens is 2. The lowest BCUT2D eigenvalue weighted by Gasteiger charge is -2.11. The van der Waals surface area contributed by atoms with Gasteiger partial charge in [-0.25, -0.2) is 4.68 Å². The van der Waals surface area contributed by atoms with Crippen molar-refractivity contribution in [2.24, 2.45) is 0 Å². The molecule has 0 radical (unpaired) electrons.